The third-order valence-corrected chi connectivity index (χ3v) is 2.40. The summed E-state index contributed by atoms with van der Waals surface area (Å²) in [6.45, 7) is 2.25. The fraction of sp³-hybridized carbons (Fsp3) is 0.333. The van der Waals surface area contributed by atoms with Crippen molar-refractivity contribution < 1.29 is 14.0 Å². The predicted octanol–water partition coefficient (Wildman–Crippen LogP) is 2.01. The van der Waals surface area contributed by atoms with Gasteiger partial charge in [0.05, 0.1) is 20.8 Å². The van der Waals surface area contributed by atoms with E-state index in [0.717, 1.165) is 5.69 Å². The average Bonchev–Trinajstić information content (AvgIpc) is 2.81. The lowest BCUT2D eigenvalue weighted by Crippen LogP contribution is -2.01. The van der Waals surface area contributed by atoms with Crippen LogP contribution in [0.2, 0.25) is 0 Å². The van der Waals surface area contributed by atoms with E-state index in [1.807, 2.05) is 18.2 Å². The molecule has 0 aliphatic rings. The second-order valence-electron chi connectivity index (χ2n) is 3.65. The number of benzene rings is 1. The van der Waals surface area contributed by atoms with Crippen LogP contribution in [0.5, 0.6) is 11.5 Å². The molecule has 96 valence electrons. The molecule has 0 saturated heterocycles. The standard InChI is InChI=1S/C12H15N3O3/c1-8-14-12(15-18-8)7-13-9-4-5-10(16-2)11(6-9)17-3/h4-6,13H,7H2,1-3H3. The molecule has 1 heterocycles. The fourth-order valence-electron chi connectivity index (χ4n) is 1.54. The molecule has 6 heteroatoms. The number of hydrogen-bond donors (Lipinski definition) is 1. The molecule has 0 atom stereocenters. The monoisotopic (exact) mass is 249 g/mol. The van der Waals surface area contributed by atoms with E-state index < -0.39 is 0 Å². The van der Waals surface area contributed by atoms with Gasteiger partial charge in [0, 0.05) is 18.7 Å². The van der Waals surface area contributed by atoms with E-state index in [4.69, 9.17) is 14.0 Å². The summed E-state index contributed by atoms with van der Waals surface area (Å²) in [5, 5.41) is 6.98. The zero-order valence-electron chi connectivity index (χ0n) is 10.6. The highest BCUT2D eigenvalue weighted by atomic mass is 16.5. The maximum Gasteiger partial charge on any atom is 0.223 e. The maximum atomic E-state index is 5.22. The Bertz CT molecular complexity index is 525. The number of methoxy groups -OCH3 is 2. The zero-order valence-corrected chi connectivity index (χ0v) is 10.6. The van der Waals surface area contributed by atoms with Crippen molar-refractivity contribution in [3.8, 4) is 11.5 Å². The highest BCUT2D eigenvalue weighted by Crippen LogP contribution is 2.29. The van der Waals surface area contributed by atoms with Crippen LogP contribution in [0.1, 0.15) is 11.7 Å². The maximum absolute atomic E-state index is 5.22. The Hall–Kier alpha value is -2.24. The molecule has 0 saturated carbocycles. The lowest BCUT2D eigenvalue weighted by molar-refractivity contribution is 0.355. The SMILES string of the molecule is COc1ccc(NCc2noc(C)n2)cc1OC. The Morgan fingerprint density at radius 3 is 2.61 bits per heavy atom. The highest BCUT2D eigenvalue weighted by Gasteiger charge is 2.06. The minimum absolute atomic E-state index is 0.493. The van der Waals surface area contributed by atoms with Gasteiger partial charge < -0.3 is 19.3 Å². The van der Waals surface area contributed by atoms with E-state index in [0.29, 0.717) is 29.8 Å². The van der Waals surface area contributed by atoms with Gasteiger partial charge in [-0.3, -0.25) is 0 Å². The van der Waals surface area contributed by atoms with Gasteiger partial charge in [0.25, 0.3) is 0 Å². The Labute approximate surface area is 105 Å². The second-order valence-corrected chi connectivity index (χ2v) is 3.65. The number of anilines is 1. The van der Waals surface area contributed by atoms with Crippen molar-refractivity contribution in [2.75, 3.05) is 19.5 Å². The lowest BCUT2D eigenvalue weighted by Gasteiger charge is -2.10. The Morgan fingerprint density at radius 1 is 1.22 bits per heavy atom. The third-order valence-electron chi connectivity index (χ3n) is 2.40. The average molecular weight is 249 g/mol. The van der Waals surface area contributed by atoms with Crippen molar-refractivity contribution >= 4 is 5.69 Å². The molecular weight excluding hydrogens is 234 g/mol. The summed E-state index contributed by atoms with van der Waals surface area (Å²) < 4.78 is 15.3. The Kier molecular flexibility index (Phi) is 3.66. The van der Waals surface area contributed by atoms with E-state index >= 15 is 0 Å². The largest absolute Gasteiger partial charge is 0.493 e. The molecule has 0 amide bonds. The van der Waals surface area contributed by atoms with Crippen LogP contribution >= 0.6 is 0 Å². The van der Waals surface area contributed by atoms with Gasteiger partial charge in [0.15, 0.2) is 17.3 Å². The molecule has 0 unspecified atom stereocenters. The molecule has 0 spiro atoms. The number of nitrogens with zero attached hydrogens (tertiary/aromatic N) is 2. The molecule has 1 aromatic heterocycles. The summed E-state index contributed by atoms with van der Waals surface area (Å²) in [5.41, 5.74) is 0.898. The molecule has 0 fully saturated rings. The first-order valence-corrected chi connectivity index (χ1v) is 5.48. The van der Waals surface area contributed by atoms with Crippen molar-refractivity contribution in [1.82, 2.24) is 10.1 Å². The highest BCUT2D eigenvalue weighted by molar-refractivity contribution is 5.54. The summed E-state index contributed by atoms with van der Waals surface area (Å²) in [4.78, 5) is 4.11. The van der Waals surface area contributed by atoms with Gasteiger partial charge in [0.1, 0.15) is 0 Å². The molecule has 0 aliphatic heterocycles. The summed E-state index contributed by atoms with van der Waals surface area (Å²) in [7, 11) is 3.21. The van der Waals surface area contributed by atoms with Gasteiger partial charge in [-0.15, -0.1) is 0 Å². The zero-order chi connectivity index (χ0) is 13.0. The molecule has 0 radical (unpaired) electrons. The molecular formula is C12H15N3O3. The van der Waals surface area contributed by atoms with Crippen LogP contribution in [0.3, 0.4) is 0 Å². The van der Waals surface area contributed by atoms with E-state index in [1.54, 1.807) is 21.1 Å². The number of ether oxygens (including phenoxy) is 2. The van der Waals surface area contributed by atoms with Gasteiger partial charge in [-0.25, -0.2) is 0 Å². The molecule has 18 heavy (non-hydrogen) atoms. The molecule has 2 rings (SSSR count). The number of aromatic nitrogens is 2. The first kappa shape index (κ1) is 12.2. The van der Waals surface area contributed by atoms with Gasteiger partial charge in [-0.05, 0) is 12.1 Å². The van der Waals surface area contributed by atoms with E-state index in [9.17, 15) is 0 Å². The second kappa shape index (κ2) is 5.39. The van der Waals surface area contributed by atoms with Crippen LogP contribution in [-0.4, -0.2) is 24.4 Å². The van der Waals surface area contributed by atoms with Gasteiger partial charge in [-0.2, -0.15) is 4.98 Å². The number of aryl methyl sites for hydroxylation is 1. The van der Waals surface area contributed by atoms with Crippen molar-refractivity contribution in [3.63, 3.8) is 0 Å². The van der Waals surface area contributed by atoms with Crippen molar-refractivity contribution in [3.05, 3.63) is 29.9 Å². The van der Waals surface area contributed by atoms with Crippen LogP contribution in [0.4, 0.5) is 5.69 Å². The van der Waals surface area contributed by atoms with Crippen molar-refractivity contribution in [1.29, 1.82) is 0 Å². The van der Waals surface area contributed by atoms with Crippen LogP contribution < -0.4 is 14.8 Å². The number of rotatable bonds is 5. The van der Waals surface area contributed by atoms with Gasteiger partial charge in [-0.1, -0.05) is 5.16 Å². The van der Waals surface area contributed by atoms with Crippen molar-refractivity contribution in [2.45, 2.75) is 13.5 Å². The molecule has 0 aliphatic carbocycles. The Morgan fingerprint density at radius 2 is 2.00 bits per heavy atom. The summed E-state index contributed by atoms with van der Waals surface area (Å²) >= 11 is 0. The van der Waals surface area contributed by atoms with Crippen molar-refractivity contribution in [2.24, 2.45) is 0 Å². The minimum Gasteiger partial charge on any atom is -0.493 e. The third kappa shape index (κ3) is 2.71. The van der Waals surface area contributed by atoms with E-state index in [2.05, 4.69) is 15.5 Å². The van der Waals surface area contributed by atoms with E-state index in [-0.39, 0.29) is 0 Å². The number of nitrogens with one attached hydrogen (secondary N) is 1. The van der Waals surface area contributed by atoms with Crippen LogP contribution in [-0.2, 0) is 6.54 Å². The summed E-state index contributed by atoms with van der Waals surface area (Å²) in [6.07, 6.45) is 0. The minimum atomic E-state index is 0.493. The number of hydrogen-bond acceptors (Lipinski definition) is 6. The summed E-state index contributed by atoms with van der Waals surface area (Å²) in [6, 6.07) is 5.59. The summed E-state index contributed by atoms with van der Waals surface area (Å²) in [5.74, 6) is 2.53. The smallest absolute Gasteiger partial charge is 0.223 e. The molecule has 0 bridgehead atoms. The molecule has 1 aromatic carbocycles. The molecule has 6 nitrogen and oxygen atoms in total. The van der Waals surface area contributed by atoms with Crippen LogP contribution in [0.15, 0.2) is 22.7 Å². The van der Waals surface area contributed by atoms with Gasteiger partial charge in [0.2, 0.25) is 5.89 Å². The quantitative estimate of drug-likeness (QED) is 0.874. The first-order valence-electron chi connectivity index (χ1n) is 5.48. The normalized spacial score (nSPS) is 10.2. The van der Waals surface area contributed by atoms with E-state index in [1.165, 1.54) is 0 Å². The van der Waals surface area contributed by atoms with Crippen LogP contribution in [0, 0.1) is 6.92 Å². The topological polar surface area (TPSA) is 69.4 Å². The molecule has 2 aromatic rings. The lowest BCUT2D eigenvalue weighted by atomic mass is 10.2. The molecule has 1 N–H and O–H groups in total. The Balaban J connectivity index is 2.05. The van der Waals surface area contributed by atoms with Gasteiger partial charge >= 0.3 is 0 Å². The van der Waals surface area contributed by atoms with Crippen LogP contribution in [0.25, 0.3) is 0 Å². The first-order chi connectivity index (χ1) is 8.72. The predicted molar refractivity (Wildman–Crippen MR) is 65.9 cm³/mol. The fourth-order valence-corrected chi connectivity index (χ4v) is 1.54.